The summed E-state index contributed by atoms with van der Waals surface area (Å²) in [4.78, 5) is 13.2. The van der Waals surface area contributed by atoms with Crippen LogP contribution < -0.4 is 10.5 Å². The van der Waals surface area contributed by atoms with Gasteiger partial charge in [0, 0.05) is 4.88 Å². The number of halogens is 3. The summed E-state index contributed by atoms with van der Waals surface area (Å²) in [6.07, 6.45) is 0. The molecule has 0 radical (unpaired) electrons. The second kappa shape index (κ2) is 6.72. The van der Waals surface area contributed by atoms with Crippen LogP contribution in [0.15, 0.2) is 36.4 Å². The van der Waals surface area contributed by atoms with E-state index in [1.54, 1.807) is 24.3 Å². The molecule has 1 aromatic heterocycles. The third kappa shape index (κ3) is 2.99. The Balaban J connectivity index is 1.98. The van der Waals surface area contributed by atoms with Crippen LogP contribution in [0.5, 0.6) is 11.5 Å². The van der Waals surface area contributed by atoms with Crippen molar-refractivity contribution in [1.29, 1.82) is 0 Å². The first-order chi connectivity index (χ1) is 12.3. The normalized spacial score (nSPS) is 10.8. The maximum absolute atomic E-state index is 13.9. The number of benzene rings is 2. The van der Waals surface area contributed by atoms with Crippen molar-refractivity contribution in [2.24, 2.45) is 0 Å². The standard InChI is InChI=1S/C18H12F3NO3S/c1-25-12-3-2-8(6-11(12)22)13-4-5-14(26-13)17(23)9-7-10(19)16(21)18(24)15(9)20/h2-7,24H,22H2,1H3. The monoisotopic (exact) mass is 379 g/mol. The zero-order valence-electron chi connectivity index (χ0n) is 13.3. The lowest BCUT2D eigenvalue weighted by molar-refractivity contribution is 0.103. The molecule has 8 heteroatoms. The van der Waals surface area contributed by atoms with Gasteiger partial charge in [-0.05, 0) is 42.0 Å². The highest BCUT2D eigenvalue weighted by molar-refractivity contribution is 7.17. The summed E-state index contributed by atoms with van der Waals surface area (Å²) in [6.45, 7) is 0. The van der Waals surface area contributed by atoms with E-state index in [0.29, 0.717) is 27.9 Å². The van der Waals surface area contributed by atoms with Gasteiger partial charge < -0.3 is 15.6 Å². The summed E-state index contributed by atoms with van der Waals surface area (Å²) in [6, 6.07) is 8.54. The number of phenolic OH excluding ortho intramolecular Hbond substituents is 1. The van der Waals surface area contributed by atoms with E-state index in [2.05, 4.69) is 0 Å². The number of aromatic hydroxyl groups is 1. The Bertz CT molecular complexity index is 1020. The predicted molar refractivity (Wildman–Crippen MR) is 92.1 cm³/mol. The fourth-order valence-electron chi connectivity index (χ4n) is 2.39. The van der Waals surface area contributed by atoms with Crippen LogP contribution in [-0.2, 0) is 0 Å². The summed E-state index contributed by atoms with van der Waals surface area (Å²) >= 11 is 1.03. The number of methoxy groups -OCH3 is 1. The smallest absolute Gasteiger partial charge is 0.206 e. The van der Waals surface area contributed by atoms with Crippen molar-refractivity contribution >= 4 is 22.8 Å². The Morgan fingerprint density at radius 3 is 2.50 bits per heavy atom. The van der Waals surface area contributed by atoms with E-state index in [9.17, 15) is 23.1 Å². The molecular formula is C18H12F3NO3S. The molecule has 0 aliphatic carbocycles. The van der Waals surface area contributed by atoms with Crippen LogP contribution in [0.4, 0.5) is 18.9 Å². The SMILES string of the molecule is COc1ccc(-c2ccc(C(=O)c3cc(F)c(F)c(O)c3F)s2)cc1N. The number of ether oxygens (including phenoxy) is 1. The number of nitrogens with two attached hydrogens (primary N) is 1. The lowest BCUT2D eigenvalue weighted by Crippen LogP contribution is -2.05. The highest BCUT2D eigenvalue weighted by atomic mass is 32.1. The van der Waals surface area contributed by atoms with Gasteiger partial charge in [0.15, 0.2) is 17.4 Å². The molecule has 0 aliphatic heterocycles. The number of carbonyl (C=O) groups is 1. The minimum absolute atomic E-state index is 0.0960. The summed E-state index contributed by atoms with van der Waals surface area (Å²) in [7, 11) is 1.49. The van der Waals surface area contributed by atoms with Gasteiger partial charge in [0.05, 0.1) is 23.2 Å². The van der Waals surface area contributed by atoms with Crippen molar-refractivity contribution < 1.29 is 27.8 Å². The van der Waals surface area contributed by atoms with E-state index in [-0.39, 0.29) is 4.88 Å². The Morgan fingerprint density at radius 1 is 1.12 bits per heavy atom. The summed E-state index contributed by atoms with van der Waals surface area (Å²) in [5, 5.41) is 9.26. The van der Waals surface area contributed by atoms with Gasteiger partial charge in [-0.2, -0.15) is 4.39 Å². The lowest BCUT2D eigenvalue weighted by Gasteiger charge is -2.06. The van der Waals surface area contributed by atoms with Gasteiger partial charge in [-0.15, -0.1) is 11.3 Å². The molecule has 0 aliphatic rings. The van der Waals surface area contributed by atoms with Gasteiger partial charge >= 0.3 is 0 Å². The Morgan fingerprint density at radius 2 is 1.85 bits per heavy atom. The molecular weight excluding hydrogens is 367 g/mol. The number of ketones is 1. The number of anilines is 1. The molecule has 0 spiro atoms. The van der Waals surface area contributed by atoms with Crippen molar-refractivity contribution in [2.75, 3.05) is 12.8 Å². The minimum Gasteiger partial charge on any atom is -0.503 e. The third-order valence-corrected chi connectivity index (χ3v) is 4.85. The van der Waals surface area contributed by atoms with Crippen LogP contribution in [0.1, 0.15) is 15.2 Å². The second-order valence-corrected chi connectivity index (χ2v) is 6.42. The van der Waals surface area contributed by atoms with E-state index < -0.39 is 34.5 Å². The quantitative estimate of drug-likeness (QED) is 0.401. The van der Waals surface area contributed by atoms with Gasteiger partial charge in [0.25, 0.3) is 0 Å². The Kier molecular flexibility index (Phi) is 4.60. The van der Waals surface area contributed by atoms with Crippen LogP contribution in [0.25, 0.3) is 10.4 Å². The number of thiophene rings is 1. The number of carbonyl (C=O) groups excluding carboxylic acids is 1. The largest absolute Gasteiger partial charge is 0.503 e. The van der Waals surface area contributed by atoms with E-state index in [0.717, 1.165) is 11.3 Å². The van der Waals surface area contributed by atoms with Crippen molar-refractivity contribution in [2.45, 2.75) is 0 Å². The third-order valence-electron chi connectivity index (χ3n) is 3.72. The van der Waals surface area contributed by atoms with Crippen molar-refractivity contribution in [1.82, 2.24) is 0 Å². The zero-order chi connectivity index (χ0) is 19.0. The van der Waals surface area contributed by atoms with Crippen LogP contribution in [0.2, 0.25) is 0 Å². The maximum atomic E-state index is 13.9. The first-order valence-electron chi connectivity index (χ1n) is 7.28. The first kappa shape index (κ1) is 17.8. The molecule has 0 saturated heterocycles. The molecule has 0 saturated carbocycles. The highest BCUT2D eigenvalue weighted by Gasteiger charge is 2.24. The minimum atomic E-state index is -1.74. The summed E-state index contributed by atoms with van der Waals surface area (Å²) in [5.41, 5.74) is 6.22. The topological polar surface area (TPSA) is 72.5 Å². The molecule has 2 aromatic carbocycles. The number of hydrogen-bond acceptors (Lipinski definition) is 5. The Labute approximate surface area is 150 Å². The molecule has 1 heterocycles. The van der Waals surface area contributed by atoms with Gasteiger partial charge in [-0.3, -0.25) is 4.79 Å². The molecule has 4 nitrogen and oxygen atoms in total. The maximum Gasteiger partial charge on any atom is 0.206 e. The van der Waals surface area contributed by atoms with Crippen LogP contribution in [-0.4, -0.2) is 18.0 Å². The fourth-order valence-corrected chi connectivity index (χ4v) is 3.35. The number of rotatable bonds is 4. The number of phenols is 1. The predicted octanol–water partition coefficient (Wildman–Crippen LogP) is 4.36. The number of nitrogen functional groups attached to an aromatic ring is 1. The van der Waals surface area contributed by atoms with E-state index in [4.69, 9.17) is 10.5 Å². The molecule has 3 rings (SSSR count). The zero-order valence-corrected chi connectivity index (χ0v) is 14.2. The van der Waals surface area contributed by atoms with Crippen molar-refractivity contribution in [3.63, 3.8) is 0 Å². The van der Waals surface area contributed by atoms with E-state index in [1.807, 2.05) is 0 Å². The van der Waals surface area contributed by atoms with Crippen LogP contribution in [0, 0.1) is 17.5 Å². The fraction of sp³-hybridized carbons (Fsp3) is 0.0556. The molecule has 0 atom stereocenters. The van der Waals surface area contributed by atoms with Gasteiger partial charge in [0.1, 0.15) is 5.75 Å². The first-order valence-corrected chi connectivity index (χ1v) is 8.10. The summed E-state index contributed by atoms with van der Waals surface area (Å²) in [5.74, 6) is -6.63. The number of hydrogen-bond donors (Lipinski definition) is 2. The van der Waals surface area contributed by atoms with Crippen molar-refractivity contribution in [3.05, 3.63) is 64.3 Å². The van der Waals surface area contributed by atoms with Crippen molar-refractivity contribution in [3.8, 4) is 21.9 Å². The molecule has 26 heavy (non-hydrogen) atoms. The second-order valence-electron chi connectivity index (χ2n) is 5.33. The molecule has 0 fully saturated rings. The molecule has 0 unspecified atom stereocenters. The van der Waals surface area contributed by atoms with E-state index in [1.165, 1.54) is 13.2 Å². The van der Waals surface area contributed by atoms with Crippen LogP contribution >= 0.6 is 11.3 Å². The average Bonchev–Trinajstić information content (AvgIpc) is 3.12. The molecule has 0 bridgehead atoms. The molecule has 0 amide bonds. The van der Waals surface area contributed by atoms with E-state index >= 15 is 0 Å². The Hall–Kier alpha value is -3.00. The molecule has 3 N–H and O–H groups in total. The average molecular weight is 379 g/mol. The lowest BCUT2D eigenvalue weighted by atomic mass is 10.1. The van der Waals surface area contributed by atoms with Gasteiger partial charge in [-0.1, -0.05) is 0 Å². The summed E-state index contributed by atoms with van der Waals surface area (Å²) < 4.78 is 45.6. The molecule has 134 valence electrons. The molecule has 3 aromatic rings. The van der Waals surface area contributed by atoms with Gasteiger partial charge in [-0.25, -0.2) is 8.78 Å². The van der Waals surface area contributed by atoms with Gasteiger partial charge in [0.2, 0.25) is 11.6 Å². The van der Waals surface area contributed by atoms with Crippen LogP contribution in [0.3, 0.4) is 0 Å². The highest BCUT2D eigenvalue weighted by Crippen LogP contribution is 2.34.